The molecule has 2 N–H and O–H groups in total. The van der Waals surface area contributed by atoms with E-state index in [2.05, 4.69) is 34.2 Å². The zero-order chi connectivity index (χ0) is 10.9. The molecule has 0 bridgehead atoms. The molecule has 1 rings (SSSR count). The minimum Gasteiger partial charge on any atom is -0.309 e. The van der Waals surface area contributed by atoms with Gasteiger partial charge in [-0.3, -0.25) is 0 Å². The molecule has 1 atom stereocenters. The molecule has 0 fully saturated rings. The van der Waals surface area contributed by atoms with E-state index in [9.17, 15) is 0 Å². The van der Waals surface area contributed by atoms with Crippen molar-refractivity contribution in [3.05, 3.63) is 24.5 Å². The van der Waals surface area contributed by atoms with E-state index in [0.29, 0.717) is 6.04 Å². The highest BCUT2D eigenvalue weighted by atomic mass is 15.3. The van der Waals surface area contributed by atoms with Crippen molar-refractivity contribution in [1.82, 2.24) is 20.7 Å². The molecule has 0 aliphatic heterocycles. The lowest BCUT2D eigenvalue weighted by molar-refractivity contribution is 0.476. The minimum absolute atomic E-state index is 0.323. The van der Waals surface area contributed by atoms with Gasteiger partial charge in [-0.1, -0.05) is 13.0 Å². The van der Waals surface area contributed by atoms with Crippen LogP contribution in [0.1, 0.15) is 44.3 Å². The molecule has 0 aliphatic rings. The molecule has 84 valence electrons. The van der Waals surface area contributed by atoms with Crippen molar-refractivity contribution in [2.24, 2.45) is 0 Å². The summed E-state index contributed by atoms with van der Waals surface area (Å²) in [7, 11) is 0. The van der Waals surface area contributed by atoms with Gasteiger partial charge in [-0.15, -0.1) is 6.58 Å². The van der Waals surface area contributed by atoms with Crippen molar-refractivity contribution >= 4 is 0 Å². The summed E-state index contributed by atoms with van der Waals surface area (Å²) < 4.78 is 0. The summed E-state index contributed by atoms with van der Waals surface area (Å²) in [6.45, 7) is 6.91. The van der Waals surface area contributed by atoms with E-state index in [1.54, 1.807) is 6.20 Å². The van der Waals surface area contributed by atoms with Crippen LogP contribution in [-0.2, 0) is 0 Å². The average Bonchev–Trinajstić information content (AvgIpc) is 2.76. The molecule has 0 spiro atoms. The summed E-state index contributed by atoms with van der Waals surface area (Å²) in [5, 5.41) is 14.1. The molecular formula is C11H20N4. The molecule has 1 aromatic rings. The first-order valence-electron chi connectivity index (χ1n) is 5.58. The molecule has 15 heavy (non-hydrogen) atoms. The fourth-order valence-electron chi connectivity index (χ4n) is 1.52. The molecule has 0 saturated heterocycles. The van der Waals surface area contributed by atoms with Gasteiger partial charge in [0.25, 0.3) is 0 Å². The average molecular weight is 208 g/mol. The summed E-state index contributed by atoms with van der Waals surface area (Å²) in [6.07, 6.45) is 8.16. The third-order valence-electron chi connectivity index (χ3n) is 2.33. The van der Waals surface area contributed by atoms with Gasteiger partial charge in [0.1, 0.15) is 0 Å². The van der Waals surface area contributed by atoms with Gasteiger partial charge in [-0.05, 0) is 32.2 Å². The predicted molar refractivity (Wildman–Crippen MR) is 61.5 cm³/mol. The number of rotatable bonds is 8. The highest BCUT2D eigenvalue weighted by Crippen LogP contribution is 2.16. The normalized spacial score (nSPS) is 12.6. The van der Waals surface area contributed by atoms with Crippen molar-refractivity contribution in [3.8, 4) is 0 Å². The first kappa shape index (κ1) is 11.9. The second kappa shape index (κ2) is 7.17. The number of aromatic nitrogens is 3. The van der Waals surface area contributed by atoms with Crippen LogP contribution >= 0.6 is 0 Å². The zero-order valence-corrected chi connectivity index (χ0v) is 9.37. The minimum atomic E-state index is 0.323. The highest BCUT2D eigenvalue weighted by molar-refractivity contribution is 4.99. The van der Waals surface area contributed by atoms with Crippen molar-refractivity contribution in [2.45, 2.75) is 38.6 Å². The van der Waals surface area contributed by atoms with Gasteiger partial charge in [-0.25, -0.2) is 0 Å². The third-order valence-corrected chi connectivity index (χ3v) is 2.33. The first-order chi connectivity index (χ1) is 7.38. The van der Waals surface area contributed by atoms with Crippen molar-refractivity contribution in [2.75, 3.05) is 6.54 Å². The van der Waals surface area contributed by atoms with Crippen LogP contribution in [0.2, 0.25) is 0 Å². The lowest BCUT2D eigenvalue weighted by Gasteiger charge is -2.15. The Hall–Kier alpha value is -1.16. The Morgan fingerprint density at radius 1 is 1.67 bits per heavy atom. The molecule has 1 aromatic heterocycles. The Bertz CT molecular complexity index is 256. The Balaban J connectivity index is 2.42. The molecule has 1 heterocycles. The molecule has 1 unspecified atom stereocenters. The third kappa shape index (κ3) is 4.25. The van der Waals surface area contributed by atoms with E-state index in [1.165, 1.54) is 0 Å². The second-order valence-corrected chi connectivity index (χ2v) is 3.62. The number of nitrogens with one attached hydrogen (secondary N) is 2. The Labute approximate surface area is 91.2 Å². The Morgan fingerprint density at radius 3 is 3.13 bits per heavy atom. The summed E-state index contributed by atoms with van der Waals surface area (Å²) in [5.74, 6) is 0. The summed E-state index contributed by atoms with van der Waals surface area (Å²) >= 11 is 0. The van der Waals surface area contributed by atoms with E-state index >= 15 is 0 Å². The van der Waals surface area contributed by atoms with E-state index in [0.717, 1.165) is 37.9 Å². The predicted octanol–water partition coefficient (Wildman–Crippen LogP) is 2.20. The van der Waals surface area contributed by atoms with E-state index in [-0.39, 0.29) is 0 Å². The van der Waals surface area contributed by atoms with Crippen molar-refractivity contribution in [1.29, 1.82) is 0 Å². The number of unbranched alkanes of at least 4 members (excludes halogenated alkanes) is 1. The molecule has 4 nitrogen and oxygen atoms in total. The smallest absolute Gasteiger partial charge is 0.0993 e. The number of hydrogen-bond donors (Lipinski definition) is 2. The first-order valence-corrected chi connectivity index (χ1v) is 5.58. The SMILES string of the molecule is C=CCCCC(NCCC)c1cn[nH]n1. The van der Waals surface area contributed by atoms with Gasteiger partial charge in [0.2, 0.25) is 0 Å². The highest BCUT2D eigenvalue weighted by Gasteiger charge is 2.12. The maximum Gasteiger partial charge on any atom is 0.0993 e. The molecule has 0 saturated carbocycles. The van der Waals surface area contributed by atoms with E-state index < -0.39 is 0 Å². The van der Waals surface area contributed by atoms with Crippen LogP contribution in [-0.4, -0.2) is 22.0 Å². The van der Waals surface area contributed by atoms with Gasteiger partial charge in [0, 0.05) is 0 Å². The van der Waals surface area contributed by atoms with Crippen LogP contribution in [0, 0.1) is 0 Å². The quantitative estimate of drug-likeness (QED) is 0.508. The molecular weight excluding hydrogens is 188 g/mol. The van der Waals surface area contributed by atoms with Crippen LogP contribution < -0.4 is 5.32 Å². The summed E-state index contributed by atoms with van der Waals surface area (Å²) in [4.78, 5) is 0. The number of hydrogen-bond acceptors (Lipinski definition) is 3. The fourth-order valence-corrected chi connectivity index (χ4v) is 1.52. The largest absolute Gasteiger partial charge is 0.309 e. The molecule has 4 heteroatoms. The summed E-state index contributed by atoms with van der Waals surface area (Å²) in [5.41, 5.74) is 1.01. The Morgan fingerprint density at radius 2 is 2.53 bits per heavy atom. The molecule has 0 radical (unpaired) electrons. The lowest BCUT2D eigenvalue weighted by atomic mass is 10.1. The van der Waals surface area contributed by atoms with E-state index in [1.807, 2.05) is 6.08 Å². The van der Waals surface area contributed by atoms with Crippen molar-refractivity contribution < 1.29 is 0 Å². The fraction of sp³-hybridized carbons (Fsp3) is 0.636. The maximum absolute atomic E-state index is 4.12. The summed E-state index contributed by atoms with van der Waals surface area (Å²) in [6, 6.07) is 0.323. The standard InChI is InChI=1S/C11H20N4/c1-3-5-6-7-10(12-8-4-2)11-9-13-15-14-11/h3,9-10,12H,1,4-8H2,2H3,(H,13,14,15). The maximum atomic E-state index is 4.12. The van der Waals surface area contributed by atoms with Gasteiger partial charge in [-0.2, -0.15) is 15.4 Å². The molecule has 0 aliphatic carbocycles. The van der Waals surface area contributed by atoms with Gasteiger partial charge < -0.3 is 5.32 Å². The van der Waals surface area contributed by atoms with Gasteiger partial charge in [0.15, 0.2) is 0 Å². The zero-order valence-electron chi connectivity index (χ0n) is 9.37. The van der Waals surface area contributed by atoms with Crippen LogP contribution in [0.25, 0.3) is 0 Å². The van der Waals surface area contributed by atoms with Gasteiger partial charge in [0.05, 0.1) is 17.9 Å². The molecule has 0 aromatic carbocycles. The number of H-pyrrole nitrogens is 1. The number of aromatic amines is 1. The monoisotopic (exact) mass is 208 g/mol. The topological polar surface area (TPSA) is 53.6 Å². The van der Waals surface area contributed by atoms with Crippen LogP contribution in [0.5, 0.6) is 0 Å². The van der Waals surface area contributed by atoms with E-state index in [4.69, 9.17) is 0 Å². The van der Waals surface area contributed by atoms with Crippen LogP contribution in [0.3, 0.4) is 0 Å². The van der Waals surface area contributed by atoms with Crippen molar-refractivity contribution in [3.63, 3.8) is 0 Å². The number of nitrogens with zero attached hydrogens (tertiary/aromatic N) is 2. The Kier molecular flexibility index (Phi) is 5.70. The van der Waals surface area contributed by atoms with Gasteiger partial charge >= 0.3 is 0 Å². The second-order valence-electron chi connectivity index (χ2n) is 3.62. The number of allylic oxidation sites excluding steroid dienone is 1. The van der Waals surface area contributed by atoms with Crippen LogP contribution in [0.15, 0.2) is 18.9 Å². The van der Waals surface area contributed by atoms with Crippen LogP contribution in [0.4, 0.5) is 0 Å². The lowest BCUT2D eigenvalue weighted by Crippen LogP contribution is -2.22. The molecule has 0 amide bonds.